The molecule has 0 atom stereocenters. The molecule has 6 heteroatoms. The average molecular weight is 273 g/mol. The van der Waals surface area contributed by atoms with Crippen LogP contribution in [0.3, 0.4) is 0 Å². The fourth-order valence-electron chi connectivity index (χ4n) is 1.98. The van der Waals surface area contributed by atoms with Gasteiger partial charge in [-0.2, -0.15) is 5.10 Å². The number of nitrogens with zero attached hydrogens (tertiary/aromatic N) is 3. The molecule has 1 amide bonds. The van der Waals surface area contributed by atoms with Crippen LogP contribution in [-0.2, 0) is 31.2 Å². The number of hydrogen-bond acceptors (Lipinski definition) is 4. The maximum atomic E-state index is 11.9. The molecule has 1 aromatic heterocycles. The molecule has 106 valence electrons. The van der Waals surface area contributed by atoms with Crippen LogP contribution in [0.2, 0.25) is 0 Å². The van der Waals surface area contributed by atoms with E-state index in [9.17, 15) is 4.79 Å². The number of benzene rings is 1. The van der Waals surface area contributed by atoms with E-state index in [1.54, 1.807) is 11.0 Å². The quantitative estimate of drug-likeness (QED) is 0.786. The van der Waals surface area contributed by atoms with Crippen LogP contribution in [-0.4, -0.2) is 27.2 Å². The van der Waals surface area contributed by atoms with Crippen molar-refractivity contribution in [3.8, 4) is 0 Å². The van der Waals surface area contributed by atoms with Crippen molar-refractivity contribution >= 4 is 5.91 Å². The minimum absolute atomic E-state index is 0.0122. The third kappa shape index (κ3) is 3.89. The van der Waals surface area contributed by atoms with Gasteiger partial charge in [-0.1, -0.05) is 24.3 Å². The first-order valence-electron chi connectivity index (χ1n) is 6.57. The van der Waals surface area contributed by atoms with Crippen LogP contribution in [0, 0.1) is 0 Å². The highest BCUT2D eigenvalue weighted by Gasteiger charge is 2.07. The van der Waals surface area contributed by atoms with Gasteiger partial charge in [-0.05, 0) is 11.1 Å². The van der Waals surface area contributed by atoms with E-state index in [2.05, 4.69) is 15.4 Å². The average Bonchev–Trinajstić information content (AvgIpc) is 2.85. The van der Waals surface area contributed by atoms with Crippen molar-refractivity contribution in [2.45, 2.75) is 19.4 Å². The van der Waals surface area contributed by atoms with Gasteiger partial charge in [0.2, 0.25) is 5.91 Å². The Labute approximate surface area is 118 Å². The number of aromatic nitrogens is 3. The van der Waals surface area contributed by atoms with Gasteiger partial charge in [0.25, 0.3) is 0 Å². The van der Waals surface area contributed by atoms with Gasteiger partial charge < -0.3 is 11.1 Å². The second-order valence-corrected chi connectivity index (χ2v) is 4.58. The monoisotopic (exact) mass is 273 g/mol. The van der Waals surface area contributed by atoms with Crippen LogP contribution in [0.25, 0.3) is 0 Å². The molecule has 0 aliphatic heterocycles. The van der Waals surface area contributed by atoms with Crippen LogP contribution in [0.15, 0.2) is 30.6 Å². The van der Waals surface area contributed by atoms with Crippen molar-refractivity contribution in [1.29, 1.82) is 0 Å². The van der Waals surface area contributed by atoms with E-state index in [4.69, 9.17) is 5.73 Å². The maximum Gasteiger partial charge on any atom is 0.224 e. The fourth-order valence-corrected chi connectivity index (χ4v) is 1.98. The van der Waals surface area contributed by atoms with E-state index in [-0.39, 0.29) is 5.91 Å². The Balaban J connectivity index is 1.80. The summed E-state index contributed by atoms with van der Waals surface area (Å²) in [5.74, 6) is 0.719. The predicted octanol–water partition coefficient (Wildman–Crippen LogP) is 0.175. The minimum Gasteiger partial charge on any atom is -0.355 e. The Morgan fingerprint density at radius 1 is 1.35 bits per heavy atom. The highest BCUT2D eigenvalue weighted by molar-refractivity contribution is 5.78. The van der Waals surface area contributed by atoms with Crippen LogP contribution >= 0.6 is 0 Å². The molecule has 0 aliphatic rings. The van der Waals surface area contributed by atoms with Crippen molar-refractivity contribution in [1.82, 2.24) is 20.1 Å². The Kier molecular flexibility index (Phi) is 4.84. The summed E-state index contributed by atoms with van der Waals surface area (Å²) in [6, 6.07) is 7.72. The zero-order valence-corrected chi connectivity index (χ0v) is 11.5. The third-order valence-electron chi connectivity index (χ3n) is 3.01. The number of carbonyl (C=O) groups is 1. The number of hydrogen-bond donors (Lipinski definition) is 2. The van der Waals surface area contributed by atoms with E-state index in [1.165, 1.54) is 0 Å². The summed E-state index contributed by atoms with van der Waals surface area (Å²) in [6.07, 6.45) is 2.63. The number of aryl methyl sites for hydroxylation is 1. The van der Waals surface area contributed by atoms with Crippen molar-refractivity contribution in [2.75, 3.05) is 6.54 Å². The van der Waals surface area contributed by atoms with Gasteiger partial charge in [-0.15, -0.1) is 0 Å². The molecule has 0 bridgehead atoms. The summed E-state index contributed by atoms with van der Waals surface area (Å²) < 4.78 is 1.65. The molecule has 0 unspecified atom stereocenters. The normalized spacial score (nSPS) is 10.5. The molecule has 20 heavy (non-hydrogen) atoms. The molecular weight excluding hydrogens is 254 g/mol. The first-order chi connectivity index (χ1) is 9.69. The molecule has 2 rings (SSSR count). The zero-order chi connectivity index (χ0) is 14.4. The molecule has 6 nitrogen and oxygen atoms in total. The molecular formula is C14H19N5O. The molecule has 0 spiro atoms. The SMILES string of the molecule is Cn1cnc(CCNC(=O)Cc2ccccc2CN)n1. The molecule has 1 heterocycles. The van der Waals surface area contributed by atoms with Gasteiger partial charge >= 0.3 is 0 Å². The van der Waals surface area contributed by atoms with Gasteiger partial charge in [0.1, 0.15) is 6.33 Å². The number of nitrogens with two attached hydrogens (primary N) is 1. The molecule has 2 aromatic rings. The van der Waals surface area contributed by atoms with E-state index in [1.807, 2.05) is 31.3 Å². The Morgan fingerprint density at radius 2 is 2.10 bits per heavy atom. The molecule has 0 aliphatic carbocycles. The van der Waals surface area contributed by atoms with E-state index in [0.29, 0.717) is 25.9 Å². The van der Waals surface area contributed by atoms with Crippen molar-refractivity contribution in [2.24, 2.45) is 12.8 Å². The van der Waals surface area contributed by atoms with E-state index < -0.39 is 0 Å². The van der Waals surface area contributed by atoms with Crippen LogP contribution in [0.5, 0.6) is 0 Å². The molecule has 0 fully saturated rings. The van der Waals surface area contributed by atoms with Crippen LogP contribution in [0.1, 0.15) is 17.0 Å². The van der Waals surface area contributed by atoms with Gasteiger partial charge in [-0.25, -0.2) is 4.98 Å². The van der Waals surface area contributed by atoms with Gasteiger partial charge in [0.15, 0.2) is 5.82 Å². The lowest BCUT2D eigenvalue weighted by Gasteiger charge is -2.07. The minimum atomic E-state index is -0.0122. The summed E-state index contributed by atoms with van der Waals surface area (Å²) in [5.41, 5.74) is 7.64. The van der Waals surface area contributed by atoms with Crippen molar-refractivity contribution < 1.29 is 4.79 Å². The summed E-state index contributed by atoms with van der Waals surface area (Å²) in [4.78, 5) is 16.0. The largest absolute Gasteiger partial charge is 0.355 e. The number of carbonyl (C=O) groups excluding carboxylic acids is 1. The highest BCUT2D eigenvalue weighted by Crippen LogP contribution is 2.08. The number of amides is 1. The van der Waals surface area contributed by atoms with Crippen LogP contribution in [0.4, 0.5) is 0 Å². The highest BCUT2D eigenvalue weighted by atomic mass is 16.1. The Morgan fingerprint density at radius 3 is 2.75 bits per heavy atom. The fraction of sp³-hybridized carbons (Fsp3) is 0.357. The second-order valence-electron chi connectivity index (χ2n) is 4.58. The lowest BCUT2D eigenvalue weighted by atomic mass is 10.0. The molecule has 0 radical (unpaired) electrons. The van der Waals surface area contributed by atoms with Gasteiger partial charge in [0, 0.05) is 26.6 Å². The Bertz CT molecular complexity index is 578. The van der Waals surface area contributed by atoms with E-state index >= 15 is 0 Å². The molecule has 1 aromatic carbocycles. The lowest BCUT2D eigenvalue weighted by Crippen LogP contribution is -2.28. The van der Waals surface area contributed by atoms with Crippen molar-refractivity contribution in [3.63, 3.8) is 0 Å². The first-order valence-corrected chi connectivity index (χ1v) is 6.57. The van der Waals surface area contributed by atoms with Gasteiger partial charge in [-0.3, -0.25) is 9.48 Å². The van der Waals surface area contributed by atoms with E-state index in [0.717, 1.165) is 17.0 Å². The summed E-state index contributed by atoms with van der Waals surface area (Å²) >= 11 is 0. The topological polar surface area (TPSA) is 85.8 Å². The maximum absolute atomic E-state index is 11.9. The number of nitrogens with one attached hydrogen (secondary N) is 1. The van der Waals surface area contributed by atoms with Crippen molar-refractivity contribution in [3.05, 3.63) is 47.5 Å². The summed E-state index contributed by atoms with van der Waals surface area (Å²) in [7, 11) is 1.82. The molecule has 0 saturated heterocycles. The molecule has 0 saturated carbocycles. The lowest BCUT2D eigenvalue weighted by molar-refractivity contribution is -0.120. The van der Waals surface area contributed by atoms with Gasteiger partial charge in [0.05, 0.1) is 6.42 Å². The second kappa shape index (κ2) is 6.81. The molecule has 3 N–H and O–H groups in total. The van der Waals surface area contributed by atoms with Crippen LogP contribution < -0.4 is 11.1 Å². The first kappa shape index (κ1) is 14.2. The number of rotatable bonds is 6. The summed E-state index contributed by atoms with van der Waals surface area (Å²) in [6.45, 7) is 0.981. The predicted molar refractivity (Wildman–Crippen MR) is 75.8 cm³/mol. The third-order valence-corrected chi connectivity index (χ3v) is 3.01. The zero-order valence-electron chi connectivity index (χ0n) is 11.5. The Hall–Kier alpha value is -2.21. The standard InChI is InChI=1S/C14H19N5O/c1-19-10-17-13(18-19)6-7-16-14(20)8-11-4-2-3-5-12(11)9-15/h2-5,10H,6-9,15H2,1H3,(H,16,20). The summed E-state index contributed by atoms with van der Waals surface area (Å²) in [5, 5.41) is 7.03. The smallest absolute Gasteiger partial charge is 0.224 e.